The average molecular weight is 139 g/mol. The van der Waals surface area contributed by atoms with Crippen molar-refractivity contribution in [2.24, 2.45) is 10.7 Å². The van der Waals surface area contributed by atoms with Gasteiger partial charge in [-0.25, -0.2) is 0 Å². The molecule has 0 fully saturated rings. The Morgan fingerprint density at radius 2 is 2.30 bits per heavy atom. The molecule has 2 N–H and O–H groups in total. The van der Waals surface area contributed by atoms with Gasteiger partial charge in [0.2, 0.25) is 0 Å². The van der Waals surface area contributed by atoms with Crippen molar-refractivity contribution in [2.45, 2.75) is 6.42 Å². The Balaban J connectivity index is 3.60. The third kappa shape index (κ3) is 3.79. The Bertz CT molecular complexity index is 153. The van der Waals surface area contributed by atoms with Crippen LogP contribution in [0.15, 0.2) is 4.99 Å². The van der Waals surface area contributed by atoms with E-state index in [9.17, 15) is 0 Å². The highest BCUT2D eigenvalue weighted by molar-refractivity contribution is 5.77. The van der Waals surface area contributed by atoms with E-state index in [1.807, 2.05) is 14.1 Å². The van der Waals surface area contributed by atoms with Crippen molar-refractivity contribution in [1.82, 2.24) is 4.90 Å². The first-order valence-electron chi connectivity index (χ1n) is 3.09. The molecule has 0 saturated heterocycles. The molecule has 0 rings (SSSR count). The SMILES string of the molecule is C#CCCN=C(N)N(C)C. The van der Waals surface area contributed by atoms with Crippen LogP contribution < -0.4 is 5.73 Å². The summed E-state index contributed by atoms with van der Waals surface area (Å²) < 4.78 is 0. The highest BCUT2D eigenvalue weighted by atomic mass is 15.2. The molecule has 10 heavy (non-hydrogen) atoms. The normalized spacial score (nSPS) is 10.7. The molecule has 56 valence electrons. The Labute approximate surface area is 61.9 Å². The van der Waals surface area contributed by atoms with Gasteiger partial charge >= 0.3 is 0 Å². The van der Waals surface area contributed by atoms with Gasteiger partial charge in [-0.3, -0.25) is 4.99 Å². The zero-order valence-corrected chi connectivity index (χ0v) is 6.46. The third-order valence-corrected chi connectivity index (χ3v) is 0.988. The summed E-state index contributed by atoms with van der Waals surface area (Å²) in [6, 6.07) is 0. The molecule has 3 nitrogen and oxygen atoms in total. The lowest BCUT2D eigenvalue weighted by atomic mass is 10.5. The van der Waals surface area contributed by atoms with Crippen LogP contribution in [0.2, 0.25) is 0 Å². The zero-order chi connectivity index (χ0) is 7.98. The highest BCUT2D eigenvalue weighted by Gasteiger charge is 1.90. The van der Waals surface area contributed by atoms with Crippen LogP contribution in [0, 0.1) is 12.3 Å². The molecule has 0 aromatic rings. The molecule has 3 heteroatoms. The van der Waals surface area contributed by atoms with Gasteiger partial charge in [0.15, 0.2) is 5.96 Å². The number of nitrogens with zero attached hydrogens (tertiary/aromatic N) is 2. The van der Waals surface area contributed by atoms with Crippen molar-refractivity contribution in [3.8, 4) is 12.3 Å². The molecule has 0 aromatic carbocycles. The maximum Gasteiger partial charge on any atom is 0.190 e. The Hall–Kier alpha value is -1.17. The fraction of sp³-hybridized carbons (Fsp3) is 0.571. The van der Waals surface area contributed by atoms with E-state index in [-0.39, 0.29) is 0 Å². The quantitative estimate of drug-likeness (QED) is 0.251. The lowest BCUT2D eigenvalue weighted by Gasteiger charge is -2.09. The molecule has 0 amide bonds. The second-order valence-electron chi connectivity index (χ2n) is 2.09. The molecule has 0 aliphatic carbocycles. The minimum atomic E-state index is 0.523. The number of nitrogens with two attached hydrogens (primary N) is 1. The first-order chi connectivity index (χ1) is 4.68. The second kappa shape index (κ2) is 4.68. The number of hydrogen-bond acceptors (Lipinski definition) is 1. The standard InChI is InChI=1S/C7H13N3/c1-4-5-6-9-7(8)10(2)3/h1H,5-6H2,2-3H3,(H2,8,9). The molecule has 0 aromatic heterocycles. The van der Waals surface area contributed by atoms with Crippen molar-refractivity contribution < 1.29 is 0 Å². The molecule has 0 spiro atoms. The molecule has 0 unspecified atom stereocenters. The Morgan fingerprint density at radius 1 is 1.70 bits per heavy atom. The lowest BCUT2D eigenvalue weighted by Crippen LogP contribution is -2.30. The molecule has 0 saturated carbocycles. The van der Waals surface area contributed by atoms with Crippen LogP contribution in [0.4, 0.5) is 0 Å². The van der Waals surface area contributed by atoms with Crippen LogP contribution in [0.1, 0.15) is 6.42 Å². The second-order valence-corrected chi connectivity index (χ2v) is 2.09. The molecule has 0 bridgehead atoms. The van der Waals surface area contributed by atoms with Gasteiger partial charge in [0.25, 0.3) is 0 Å². The molecule has 0 radical (unpaired) electrons. The smallest absolute Gasteiger partial charge is 0.190 e. The summed E-state index contributed by atoms with van der Waals surface area (Å²) >= 11 is 0. The van der Waals surface area contributed by atoms with Crippen LogP contribution in [0.3, 0.4) is 0 Å². The fourth-order valence-electron chi connectivity index (χ4n) is 0.376. The van der Waals surface area contributed by atoms with E-state index >= 15 is 0 Å². The maximum atomic E-state index is 5.46. The van der Waals surface area contributed by atoms with Crippen molar-refractivity contribution in [1.29, 1.82) is 0 Å². The molecule has 0 aliphatic heterocycles. The first kappa shape index (κ1) is 8.83. The van der Waals surface area contributed by atoms with E-state index in [0.29, 0.717) is 18.9 Å². The van der Waals surface area contributed by atoms with Crippen LogP contribution in [-0.2, 0) is 0 Å². The molecular weight excluding hydrogens is 126 g/mol. The predicted molar refractivity (Wildman–Crippen MR) is 43.6 cm³/mol. The highest BCUT2D eigenvalue weighted by Crippen LogP contribution is 1.79. The minimum Gasteiger partial charge on any atom is -0.370 e. The van der Waals surface area contributed by atoms with Gasteiger partial charge in [-0.05, 0) is 0 Å². The van der Waals surface area contributed by atoms with E-state index < -0.39 is 0 Å². The van der Waals surface area contributed by atoms with Crippen molar-refractivity contribution in [3.05, 3.63) is 0 Å². The molecular formula is C7H13N3. The largest absolute Gasteiger partial charge is 0.370 e. The summed E-state index contributed by atoms with van der Waals surface area (Å²) in [5, 5.41) is 0. The summed E-state index contributed by atoms with van der Waals surface area (Å²) in [4.78, 5) is 5.74. The van der Waals surface area contributed by atoms with Gasteiger partial charge in [0, 0.05) is 20.5 Å². The summed E-state index contributed by atoms with van der Waals surface area (Å²) in [6.45, 7) is 0.612. The molecule has 0 aliphatic rings. The van der Waals surface area contributed by atoms with Gasteiger partial charge < -0.3 is 10.6 Å². The first-order valence-corrected chi connectivity index (χ1v) is 3.09. The number of hydrogen-bond donors (Lipinski definition) is 1. The average Bonchev–Trinajstić information content (AvgIpc) is 1.88. The van der Waals surface area contributed by atoms with Crippen LogP contribution in [0.5, 0.6) is 0 Å². The molecule has 0 heterocycles. The Morgan fingerprint density at radius 3 is 2.70 bits per heavy atom. The third-order valence-electron chi connectivity index (χ3n) is 0.988. The van der Waals surface area contributed by atoms with E-state index in [0.717, 1.165) is 0 Å². The van der Waals surface area contributed by atoms with Crippen LogP contribution in [0.25, 0.3) is 0 Å². The van der Waals surface area contributed by atoms with Crippen molar-refractivity contribution >= 4 is 5.96 Å². The lowest BCUT2D eigenvalue weighted by molar-refractivity contribution is 0.609. The van der Waals surface area contributed by atoms with E-state index in [4.69, 9.17) is 12.2 Å². The van der Waals surface area contributed by atoms with E-state index in [1.54, 1.807) is 4.90 Å². The number of aliphatic imine (C=N–C) groups is 1. The summed E-state index contributed by atoms with van der Waals surface area (Å²) in [5.74, 6) is 3.00. The summed E-state index contributed by atoms with van der Waals surface area (Å²) in [7, 11) is 3.68. The summed E-state index contributed by atoms with van der Waals surface area (Å²) in [6.07, 6.45) is 5.66. The van der Waals surface area contributed by atoms with E-state index in [2.05, 4.69) is 10.9 Å². The van der Waals surface area contributed by atoms with Gasteiger partial charge in [0.05, 0.1) is 6.54 Å². The van der Waals surface area contributed by atoms with Gasteiger partial charge in [-0.2, -0.15) is 0 Å². The van der Waals surface area contributed by atoms with Crippen molar-refractivity contribution in [2.75, 3.05) is 20.6 Å². The zero-order valence-electron chi connectivity index (χ0n) is 6.46. The van der Waals surface area contributed by atoms with Gasteiger partial charge in [-0.15, -0.1) is 12.3 Å². The van der Waals surface area contributed by atoms with Crippen molar-refractivity contribution in [3.63, 3.8) is 0 Å². The van der Waals surface area contributed by atoms with E-state index in [1.165, 1.54) is 0 Å². The fourth-order valence-corrected chi connectivity index (χ4v) is 0.376. The van der Waals surface area contributed by atoms with Crippen LogP contribution >= 0.6 is 0 Å². The predicted octanol–water partition coefficient (Wildman–Crippen LogP) is -0.114. The minimum absolute atomic E-state index is 0.523. The molecule has 0 atom stereocenters. The maximum absolute atomic E-state index is 5.46. The number of guanidine groups is 1. The van der Waals surface area contributed by atoms with Crippen LogP contribution in [-0.4, -0.2) is 31.5 Å². The Kier molecular flexibility index (Phi) is 4.14. The topological polar surface area (TPSA) is 41.6 Å². The van der Waals surface area contributed by atoms with Gasteiger partial charge in [0.1, 0.15) is 0 Å². The monoisotopic (exact) mass is 139 g/mol. The number of terminal acetylenes is 1. The summed E-state index contributed by atoms with van der Waals surface area (Å²) in [5.41, 5.74) is 5.46. The number of rotatable bonds is 2. The van der Waals surface area contributed by atoms with Gasteiger partial charge in [-0.1, -0.05) is 0 Å².